The van der Waals surface area contributed by atoms with Crippen LogP contribution in [0.25, 0.3) is 0 Å². The van der Waals surface area contributed by atoms with Crippen LogP contribution in [0.3, 0.4) is 0 Å². The molecule has 3 heterocycles. The van der Waals surface area contributed by atoms with Gasteiger partial charge in [-0.3, -0.25) is 14.6 Å². The first kappa shape index (κ1) is 20.8. The summed E-state index contributed by atoms with van der Waals surface area (Å²) in [5, 5.41) is 12.9. The van der Waals surface area contributed by atoms with Crippen molar-refractivity contribution in [1.29, 1.82) is 0 Å². The summed E-state index contributed by atoms with van der Waals surface area (Å²) in [4.78, 5) is 30.3. The monoisotopic (exact) mass is 521 g/mol. The van der Waals surface area contributed by atoms with E-state index in [0.29, 0.717) is 31.0 Å². The maximum Gasteiger partial charge on any atom is 0.288 e. The molecule has 4 rings (SSSR count). The molecule has 0 aliphatic carbocycles. The Labute approximate surface area is 187 Å². The minimum absolute atomic E-state index is 0.120. The Bertz CT molecular complexity index is 979. The van der Waals surface area contributed by atoms with E-state index in [1.165, 1.54) is 0 Å². The van der Waals surface area contributed by atoms with Gasteiger partial charge in [0.05, 0.1) is 30.6 Å². The minimum atomic E-state index is -0.750. The van der Waals surface area contributed by atoms with Gasteiger partial charge in [0.2, 0.25) is 9.55 Å². The van der Waals surface area contributed by atoms with Crippen molar-refractivity contribution in [2.45, 2.75) is 25.1 Å². The Morgan fingerprint density at radius 2 is 2.10 bits per heavy atom. The summed E-state index contributed by atoms with van der Waals surface area (Å²) in [5.74, 6) is 0.300. The quantitative estimate of drug-likeness (QED) is 0.460. The molecule has 0 bridgehead atoms. The van der Waals surface area contributed by atoms with E-state index in [-0.39, 0.29) is 22.2 Å². The predicted molar refractivity (Wildman–Crippen MR) is 117 cm³/mol. The third-order valence-corrected chi connectivity index (χ3v) is 5.47. The van der Waals surface area contributed by atoms with Crippen molar-refractivity contribution in [3.05, 3.63) is 65.8 Å². The zero-order chi connectivity index (χ0) is 21.1. The maximum absolute atomic E-state index is 12.8. The zero-order valence-corrected chi connectivity index (χ0v) is 18.1. The standard InChI is InChI=1S/C21H20IN3O5/c22-20(27)15-6-5-13(9-23-15)10-25-11-19(30-18-4-2-1-3-16(18)25)21(28)24-14-7-8-29-12-17(14)26/h1-6,9,11,14,17,26H,7-8,10,12H2,(H,24,28). The van der Waals surface area contributed by atoms with E-state index in [2.05, 4.69) is 10.3 Å². The number of pyridine rings is 1. The summed E-state index contributed by atoms with van der Waals surface area (Å²) in [7, 11) is 0. The number of amides is 1. The second-order valence-corrected chi connectivity index (χ2v) is 8.01. The molecular formula is C21H20IN3O5. The molecule has 30 heavy (non-hydrogen) atoms. The average Bonchev–Trinajstić information content (AvgIpc) is 2.75. The molecule has 9 heteroatoms. The Balaban J connectivity index is 1.55. The van der Waals surface area contributed by atoms with Gasteiger partial charge in [0.25, 0.3) is 5.91 Å². The summed E-state index contributed by atoms with van der Waals surface area (Å²) in [6, 6.07) is 10.6. The Morgan fingerprint density at radius 1 is 1.27 bits per heavy atom. The van der Waals surface area contributed by atoms with Gasteiger partial charge in [0.15, 0.2) is 5.75 Å². The molecule has 8 nitrogen and oxygen atoms in total. The van der Waals surface area contributed by atoms with Gasteiger partial charge in [-0.05, 0) is 30.2 Å². The van der Waals surface area contributed by atoms with Gasteiger partial charge in [0, 0.05) is 41.9 Å². The van der Waals surface area contributed by atoms with Gasteiger partial charge >= 0.3 is 0 Å². The van der Waals surface area contributed by atoms with Crippen LogP contribution in [0, 0.1) is 0 Å². The van der Waals surface area contributed by atoms with Crippen LogP contribution in [0.4, 0.5) is 5.69 Å². The molecule has 0 spiro atoms. The summed E-state index contributed by atoms with van der Waals surface area (Å²) in [6.07, 6.45) is 3.07. The number of nitrogens with zero attached hydrogens (tertiary/aromatic N) is 2. The molecule has 1 saturated heterocycles. The van der Waals surface area contributed by atoms with Gasteiger partial charge in [-0.2, -0.15) is 0 Å². The first-order valence-electron chi connectivity index (χ1n) is 9.48. The second-order valence-electron chi connectivity index (χ2n) is 7.03. The summed E-state index contributed by atoms with van der Waals surface area (Å²) in [5.41, 5.74) is 2.09. The van der Waals surface area contributed by atoms with Crippen molar-refractivity contribution in [3.63, 3.8) is 0 Å². The number of rotatable bonds is 5. The van der Waals surface area contributed by atoms with Crippen molar-refractivity contribution in [1.82, 2.24) is 10.3 Å². The normalized spacial score (nSPS) is 20.6. The van der Waals surface area contributed by atoms with Crippen molar-refractivity contribution in [2.75, 3.05) is 18.1 Å². The third kappa shape index (κ3) is 4.63. The number of halogens is 1. The number of anilines is 1. The van der Waals surface area contributed by atoms with Crippen LogP contribution in [0.1, 0.15) is 22.5 Å². The second kappa shape index (κ2) is 9.11. The average molecular weight is 521 g/mol. The number of benzene rings is 1. The Morgan fingerprint density at radius 3 is 2.83 bits per heavy atom. The molecule has 1 amide bonds. The lowest BCUT2D eigenvalue weighted by Gasteiger charge is -2.31. The molecule has 2 aromatic rings. The highest BCUT2D eigenvalue weighted by Crippen LogP contribution is 2.35. The van der Waals surface area contributed by atoms with Crippen molar-refractivity contribution in [3.8, 4) is 5.75 Å². The molecule has 0 radical (unpaired) electrons. The number of aromatic nitrogens is 1. The van der Waals surface area contributed by atoms with Crippen LogP contribution in [-0.2, 0) is 16.1 Å². The van der Waals surface area contributed by atoms with E-state index in [4.69, 9.17) is 9.47 Å². The molecule has 2 unspecified atom stereocenters. The molecule has 0 saturated carbocycles. The van der Waals surface area contributed by atoms with Crippen LogP contribution < -0.4 is 15.0 Å². The number of hydrogen-bond donors (Lipinski definition) is 2. The zero-order valence-electron chi connectivity index (χ0n) is 16.0. The number of hydrogen-bond acceptors (Lipinski definition) is 7. The number of para-hydroxylation sites is 2. The van der Waals surface area contributed by atoms with Gasteiger partial charge < -0.3 is 24.8 Å². The lowest BCUT2D eigenvalue weighted by molar-refractivity contribution is -0.122. The highest BCUT2D eigenvalue weighted by molar-refractivity contribution is 14.1. The molecule has 2 aliphatic heterocycles. The molecule has 2 N–H and O–H groups in total. The minimum Gasteiger partial charge on any atom is -0.448 e. The van der Waals surface area contributed by atoms with E-state index in [1.807, 2.05) is 29.2 Å². The predicted octanol–water partition coefficient (Wildman–Crippen LogP) is 2.16. The Kier molecular flexibility index (Phi) is 6.30. The van der Waals surface area contributed by atoms with Crippen LogP contribution >= 0.6 is 22.6 Å². The SMILES string of the molecule is O=C(NC1CCOCC1O)C1=CN(Cc2ccc(C(=O)I)nc2)c2ccccc2O1. The van der Waals surface area contributed by atoms with Gasteiger partial charge in [-0.25, -0.2) is 0 Å². The first-order valence-corrected chi connectivity index (χ1v) is 10.6. The lowest BCUT2D eigenvalue weighted by Crippen LogP contribution is -2.49. The van der Waals surface area contributed by atoms with E-state index >= 15 is 0 Å². The molecule has 2 atom stereocenters. The van der Waals surface area contributed by atoms with Gasteiger partial charge in [0.1, 0.15) is 5.69 Å². The number of fused-ring (bicyclic) bond motifs is 1. The first-order chi connectivity index (χ1) is 14.5. The number of carbonyl (C=O) groups is 2. The van der Waals surface area contributed by atoms with Crippen molar-refractivity contribution < 1.29 is 24.2 Å². The fourth-order valence-corrected chi connectivity index (χ4v) is 3.65. The highest BCUT2D eigenvalue weighted by Gasteiger charge is 2.29. The molecule has 2 aliphatic rings. The summed E-state index contributed by atoms with van der Waals surface area (Å²) >= 11 is 1.70. The highest BCUT2D eigenvalue weighted by atomic mass is 127. The molecule has 1 aromatic carbocycles. The fourth-order valence-electron chi connectivity index (χ4n) is 3.33. The van der Waals surface area contributed by atoms with E-state index in [1.54, 1.807) is 47.1 Å². The number of ether oxygens (including phenoxy) is 2. The number of aliphatic hydroxyl groups is 1. The topological polar surface area (TPSA) is 101 Å². The largest absolute Gasteiger partial charge is 0.448 e. The van der Waals surface area contributed by atoms with Crippen LogP contribution in [-0.4, -0.2) is 45.1 Å². The van der Waals surface area contributed by atoms with Gasteiger partial charge in [-0.15, -0.1) is 0 Å². The maximum atomic E-state index is 12.8. The number of carbonyl (C=O) groups excluding carboxylic acids is 2. The molecule has 1 fully saturated rings. The van der Waals surface area contributed by atoms with Crippen LogP contribution in [0.15, 0.2) is 54.6 Å². The Hall–Kier alpha value is -2.50. The van der Waals surface area contributed by atoms with E-state index < -0.39 is 12.0 Å². The van der Waals surface area contributed by atoms with Crippen LogP contribution in [0.5, 0.6) is 5.75 Å². The molecular weight excluding hydrogens is 501 g/mol. The smallest absolute Gasteiger partial charge is 0.288 e. The lowest BCUT2D eigenvalue weighted by atomic mass is 10.1. The molecule has 156 valence electrons. The van der Waals surface area contributed by atoms with Gasteiger partial charge in [-0.1, -0.05) is 18.2 Å². The number of aliphatic hydroxyl groups excluding tert-OH is 1. The van der Waals surface area contributed by atoms with Crippen LogP contribution in [0.2, 0.25) is 0 Å². The van der Waals surface area contributed by atoms with E-state index in [9.17, 15) is 14.7 Å². The summed E-state index contributed by atoms with van der Waals surface area (Å²) < 4.78 is 10.9. The fraction of sp³-hybridized carbons (Fsp3) is 0.286. The van der Waals surface area contributed by atoms with E-state index in [0.717, 1.165) is 11.3 Å². The molecule has 1 aromatic heterocycles. The van der Waals surface area contributed by atoms with Crippen molar-refractivity contribution in [2.24, 2.45) is 0 Å². The van der Waals surface area contributed by atoms with Crippen molar-refractivity contribution >= 4 is 38.0 Å². The third-order valence-electron chi connectivity index (χ3n) is 4.91. The summed E-state index contributed by atoms with van der Waals surface area (Å²) in [6.45, 7) is 1.13. The number of nitrogens with one attached hydrogen (secondary N) is 1.